The molecular formula is C29H39N5O3. The molecule has 2 N–H and O–H groups in total. The first kappa shape index (κ1) is 26.8. The van der Waals surface area contributed by atoms with Crippen LogP contribution < -0.4 is 10.6 Å². The Morgan fingerprint density at radius 1 is 0.946 bits per heavy atom. The van der Waals surface area contributed by atoms with E-state index in [-0.39, 0.29) is 35.4 Å². The van der Waals surface area contributed by atoms with E-state index in [1.807, 2.05) is 17.1 Å². The van der Waals surface area contributed by atoms with Crippen LogP contribution in [0.15, 0.2) is 55.0 Å². The molecule has 1 saturated heterocycles. The van der Waals surface area contributed by atoms with Crippen LogP contribution in [0.25, 0.3) is 0 Å². The predicted octanol–water partition coefficient (Wildman–Crippen LogP) is 3.73. The average Bonchev–Trinajstić information content (AvgIpc) is 3.56. The fraction of sp³-hybridized carbons (Fsp3) is 0.552. The fourth-order valence-corrected chi connectivity index (χ4v) is 6.12. The molecule has 2 fully saturated rings. The van der Waals surface area contributed by atoms with Crippen molar-refractivity contribution in [1.29, 1.82) is 0 Å². The lowest BCUT2D eigenvalue weighted by Crippen LogP contribution is -2.58. The SMILES string of the molecule is C=CC1=C(C=C)CC([C@H](NC(=O)C(NC(=O)c2cnccn2)C2CCCCC2)C(=O)N2CCCC2C)C1. The first-order chi connectivity index (χ1) is 17.9. The standard InChI is InChI=1S/C29H39N5O3/c1-4-20-16-23(17-21(20)5-2)26(29(37)34-15-9-10-19(34)3)33-28(36)25(22-11-7-6-8-12-22)32-27(35)24-18-30-13-14-31-24/h4-5,13-14,18-19,22-23,25-26H,1-2,6-12,15-17H2,3H3,(H,32,35)(H,33,36)/t19?,25?,26-/m0/s1. The first-order valence-electron chi connectivity index (χ1n) is 13.6. The lowest BCUT2D eigenvalue weighted by Gasteiger charge is -2.34. The minimum atomic E-state index is -0.742. The molecule has 1 aromatic heterocycles. The van der Waals surface area contributed by atoms with Crippen LogP contribution in [-0.4, -0.2) is 57.3 Å². The molecule has 0 spiro atoms. The summed E-state index contributed by atoms with van der Waals surface area (Å²) in [5.41, 5.74) is 2.31. The number of likely N-dealkylation sites (tertiary alicyclic amines) is 1. The van der Waals surface area contributed by atoms with Gasteiger partial charge in [-0.2, -0.15) is 0 Å². The van der Waals surface area contributed by atoms with Crippen molar-refractivity contribution >= 4 is 17.7 Å². The van der Waals surface area contributed by atoms with E-state index in [1.165, 1.54) is 18.6 Å². The molecule has 4 rings (SSSR count). The van der Waals surface area contributed by atoms with Gasteiger partial charge in [-0.1, -0.05) is 44.6 Å². The molecule has 1 saturated carbocycles. The molecule has 2 heterocycles. The van der Waals surface area contributed by atoms with Gasteiger partial charge in [-0.05, 0) is 68.4 Å². The van der Waals surface area contributed by atoms with Crippen LogP contribution in [0.2, 0.25) is 0 Å². The molecule has 0 bridgehead atoms. The van der Waals surface area contributed by atoms with E-state index in [2.05, 4.69) is 40.7 Å². The summed E-state index contributed by atoms with van der Waals surface area (Å²) in [7, 11) is 0. The van der Waals surface area contributed by atoms with Crippen molar-refractivity contribution in [2.75, 3.05) is 6.54 Å². The molecule has 1 aliphatic heterocycles. The zero-order valence-electron chi connectivity index (χ0n) is 21.8. The first-order valence-corrected chi connectivity index (χ1v) is 13.6. The molecule has 3 amide bonds. The topological polar surface area (TPSA) is 104 Å². The molecule has 8 heteroatoms. The van der Waals surface area contributed by atoms with Gasteiger partial charge in [0.15, 0.2) is 0 Å². The number of allylic oxidation sites excluding steroid dienone is 4. The summed E-state index contributed by atoms with van der Waals surface area (Å²) >= 11 is 0. The van der Waals surface area contributed by atoms with Gasteiger partial charge in [-0.3, -0.25) is 19.4 Å². The zero-order valence-corrected chi connectivity index (χ0v) is 21.8. The molecule has 8 nitrogen and oxygen atoms in total. The lowest BCUT2D eigenvalue weighted by molar-refractivity contribution is -0.139. The quantitative estimate of drug-likeness (QED) is 0.532. The highest BCUT2D eigenvalue weighted by molar-refractivity contribution is 5.97. The summed E-state index contributed by atoms with van der Waals surface area (Å²) in [6.45, 7) is 10.6. The Hall–Kier alpha value is -3.29. The molecule has 198 valence electrons. The van der Waals surface area contributed by atoms with Gasteiger partial charge in [0.25, 0.3) is 5.91 Å². The van der Waals surface area contributed by atoms with Crippen molar-refractivity contribution in [2.24, 2.45) is 11.8 Å². The third-order valence-electron chi connectivity index (χ3n) is 8.23. The fourth-order valence-electron chi connectivity index (χ4n) is 6.12. The maximum absolute atomic E-state index is 13.9. The van der Waals surface area contributed by atoms with E-state index in [1.54, 1.807) is 0 Å². The highest BCUT2D eigenvalue weighted by atomic mass is 16.2. The maximum atomic E-state index is 13.9. The number of hydrogen-bond acceptors (Lipinski definition) is 5. The van der Waals surface area contributed by atoms with Crippen molar-refractivity contribution in [3.63, 3.8) is 0 Å². The Morgan fingerprint density at radius 2 is 1.65 bits per heavy atom. The second-order valence-corrected chi connectivity index (χ2v) is 10.6. The third-order valence-corrected chi connectivity index (χ3v) is 8.23. The van der Waals surface area contributed by atoms with E-state index in [0.29, 0.717) is 19.4 Å². The maximum Gasteiger partial charge on any atom is 0.272 e. The number of amides is 3. The number of hydrogen-bond donors (Lipinski definition) is 2. The molecule has 3 aliphatic rings. The smallest absolute Gasteiger partial charge is 0.272 e. The van der Waals surface area contributed by atoms with Gasteiger partial charge < -0.3 is 15.5 Å². The van der Waals surface area contributed by atoms with Crippen LogP contribution >= 0.6 is 0 Å². The van der Waals surface area contributed by atoms with Crippen LogP contribution in [0.5, 0.6) is 0 Å². The minimum Gasteiger partial charge on any atom is -0.342 e. The Labute approximate surface area is 219 Å². The Bertz CT molecular complexity index is 1030. The summed E-state index contributed by atoms with van der Waals surface area (Å²) in [5.74, 6) is -0.862. The van der Waals surface area contributed by atoms with Crippen LogP contribution in [0.1, 0.15) is 75.2 Å². The van der Waals surface area contributed by atoms with Crippen LogP contribution in [-0.2, 0) is 9.59 Å². The van der Waals surface area contributed by atoms with Crippen LogP contribution in [0.3, 0.4) is 0 Å². The van der Waals surface area contributed by atoms with Crippen molar-refractivity contribution in [3.05, 3.63) is 60.7 Å². The molecule has 2 aliphatic carbocycles. The van der Waals surface area contributed by atoms with E-state index in [4.69, 9.17) is 0 Å². The predicted molar refractivity (Wildman–Crippen MR) is 142 cm³/mol. The molecule has 0 radical (unpaired) electrons. The monoisotopic (exact) mass is 505 g/mol. The molecule has 0 aromatic carbocycles. The summed E-state index contributed by atoms with van der Waals surface area (Å²) in [6, 6.07) is -1.28. The van der Waals surface area contributed by atoms with Crippen LogP contribution in [0.4, 0.5) is 0 Å². The highest BCUT2D eigenvalue weighted by Gasteiger charge is 2.41. The van der Waals surface area contributed by atoms with Gasteiger partial charge in [0.05, 0.1) is 6.20 Å². The number of aromatic nitrogens is 2. The largest absolute Gasteiger partial charge is 0.342 e. The second-order valence-electron chi connectivity index (χ2n) is 10.6. The molecule has 1 aromatic rings. The van der Waals surface area contributed by atoms with Gasteiger partial charge in [-0.25, -0.2) is 4.98 Å². The lowest BCUT2D eigenvalue weighted by atomic mass is 9.83. The number of rotatable bonds is 9. The van der Waals surface area contributed by atoms with Crippen LogP contribution in [0, 0.1) is 11.8 Å². The van der Waals surface area contributed by atoms with Crippen molar-refractivity contribution in [1.82, 2.24) is 25.5 Å². The van der Waals surface area contributed by atoms with Crippen molar-refractivity contribution in [2.45, 2.75) is 82.8 Å². The second kappa shape index (κ2) is 12.3. The summed E-state index contributed by atoms with van der Waals surface area (Å²) in [5, 5.41) is 6.06. The number of nitrogens with zero attached hydrogens (tertiary/aromatic N) is 3. The van der Waals surface area contributed by atoms with Gasteiger partial charge in [-0.15, -0.1) is 0 Å². The van der Waals surface area contributed by atoms with Gasteiger partial charge >= 0.3 is 0 Å². The van der Waals surface area contributed by atoms with E-state index in [0.717, 1.165) is 56.1 Å². The number of carbonyl (C=O) groups excluding carboxylic acids is 3. The van der Waals surface area contributed by atoms with E-state index >= 15 is 0 Å². The number of carbonyl (C=O) groups is 3. The summed E-state index contributed by atoms with van der Waals surface area (Å²) in [4.78, 5) is 50.7. The van der Waals surface area contributed by atoms with E-state index in [9.17, 15) is 14.4 Å². The normalized spacial score (nSPS) is 22.4. The molecular weight excluding hydrogens is 466 g/mol. The third kappa shape index (κ3) is 6.17. The van der Waals surface area contributed by atoms with Gasteiger partial charge in [0.2, 0.25) is 11.8 Å². The minimum absolute atomic E-state index is 0.00464. The Kier molecular flexibility index (Phi) is 8.90. The molecule has 2 unspecified atom stereocenters. The average molecular weight is 506 g/mol. The highest BCUT2D eigenvalue weighted by Crippen LogP contribution is 2.36. The molecule has 37 heavy (non-hydrogen) atoms. The summed E-state index contributed by atoms with van der Waals surface area (Å²) in [6.07, 6.45) is 16.1. The Morgan fingerprint density at radius 3 is 2.22 bits per heavy atom. The Balaban J connectivity index is 1.58. The van der Waals surface area contributed by atoms with Gasteiger partial charge in [0, 0.05) is 25.0 Å². The van der Waals surface area contributed by atoms with E-state index < -0.39 is 18.0 Å². The number of nitrogens with one attached hydrogen (secondary N) is 2. The van der Waals surface area contributed by atoms with Gasteiger partial charge in [0.1, 0.15) is 17.8 Å². The summed E-state index contributed by atoms with van der Waals surface area (Å²) < 4.78 is 0. The van der Waals surface area contributed by atoms with Crippen molar-refractivity contribution in [3.8, 4) is 0 Å². The zero-order chi connectivity index (χ0) is 26.4. The molecule has 3 atom stereocenters. The van der Waals surface area contributed by atoms with Crippen molar-refractivity contribution < 1.29 is 14.4 Å².